The number of carbonyl (C=O) groups excluding carboxylic acids is 2. The fraction of sp³-hybridized carbons (Fsp3) is 0.0526. The summed E-state index contributed by atoms with van der Waals surface area (Å²) in [5, 5.41) is 10.3. The topological polar surface area (TPSA) is 94.3 Å². The van der Waals surface area contributed by atoms with E-state index >= 15 is 0 Å². The van der Waals surface area contributed by atoms with Gasteiger partial charge < -0.3 is 9.15 Å². The Hall–Kier alpha value is -3.59. The minimum atomic E-state index is -0.716. The van der Waals surface area contributed by atoms with Crippen LogP contribution < -0.4 is 5.32 Å². The molecule has 0 unspecified atom stereocenters. The van der Waals surface area contributed by atoms with Crippen molar-refractivity contribution >= 4 is 39.3 Å². The second kappa shape index (κ2) is 7.57. The number of amides is 1. The molecule has 0 radical (unpaired) electrons. The van der Waals surface area contributed by atoms with E-state index in [4.69, 9.17) is 9.15 Å². The number of hydrogen-bond acceptors (Lipinski definition) is 7. The number of esters is 1. The van der Waals surface area contributed by atoms with Gasteiger partial charge in [0.25, 0.3) is 5.91 Å². The normalized spacial score (nSPS) is 10.8. The molecule has 1 N–H and O–H groups in total. The zero-order valence-corrected chi connectivity index (χ0v) is 15.0. The lowest BCUT2D eigenvalue weighted by Gasteiger charge is -2.02. The number of halogens is 1. The van der Waals surface area contributed by atoms with Gasteiger partial charge >= 0.3 is 12.0 Å². The van der Waals surface area contributed by atoms with Crippen molar-refractivity contribution < 1.29 is 23.1 Å². The highest BCUT2D eigenvalue weighted by atomic mass is 32.1. The summed E-state index contributed by atoms with van der Waals surface area (Å²) >= 11 is 1.09. The summed E-state index contributed by atoms with van der Waals surface area (Å²) < 4.78 is 24.7. The quantitative estimate of drug-likeness (QED) is 0.514. The number of aromatic nitrogens is 2. The molecule has 0 aliphatic rings. The molecule has 7 nitrogen and oxygen atoms in total. The summed E-state index contributed by atoms with van der Waals surface area (Å²) in [7, 11) is 0. The van der Waals surface area contributed by atoms with Gasteiger partial charge in [0.1, 0.15) is 10.7 Å². The zero-order chi connectivity index (χ0) is 19.5. The van der Waals surface area contributed by atoms with Crippen LogP contribution in [-0.2, 0) is 9.53 Å². The second-order valence-corrected chi connectivity index (χ2v) is 6.75. The Labute approximate surface area is 161 Å². The molecule has 0 aliphatic heterocycles. The van der Waals surface area contributed by atoms with E-state index in [0.717, 1.165) is 11.3 Å². The molecule has 1 amide bonds. The predicted octanol–water partition coefficient (Wildman–Crippen LogP) is 3.89. The maximum atomic E-state index is 13.7. The number of anilines is 1. The molecule has 2 aromatic carbocycles. The van der Waals surface area contributed by atoms with Gasteiger partial charge in [-0.15, -0.1) is 16.4 Å². The van der Waals surface area contributed by atoms with Crippen molar-refractivity contribution in [2.24, 2.45) is 0 Å². The Morgan fingerprint density at radius 1 is 1.11 bits per heavy atom. The first-order valence-corrected chi connectivity index (χ1v) is 8.96. The smallest absolute Gasteiger partial charge is 0.348 e. The van der Waals surface area contributed by atoms with Crippen LogP contribution in [0.25, 0.3) is 21.5 Å². The van der Waals surface area contributed by atoms with E-state index in [9.17, 15) is 14.0 Å². The lowest BCUT2D eigenvalue weighted by molar-refractivity contribution is -0.119. The molecule has 0 aliphatic carbocycles. The summed E-state index contributed by atoms with van der Waals surface area (Å²) in [5.74, 6) is -1.52. The van der Waals surface area contributed by atoms with Gasteiger partial charge in [-0.2, -0.15) is 0 Å². The highest BCUT2D eigenvalue weighted by molar-refractivity contribution is 7.20. The van der Waals surface area contributed by atoms with Crippen LogP contribution in [0.5, 0.6) is 0 Å². The number of hydrogen-bond donors (Lipinski definition) is 1. The summed E-state index contributed by atoms with van der Waals surface area (Å²) in [4.78, 5) is 24.3. The molecule has 140 valence electrons. The first-order chi connectivity index (χ1) is 13.6. The molecular formula is C19H12FN3O4S. The number of rotatable bonds is 5. The number of fused-ring (bicyclic) bond motifs is 1. The van der Waals surface area contributed by atoms with Gasteiger partial charge in [0.15, 0.2) is 6.61 Å². The standard InChI is InChI=1S/C19H12FN3O4S/c20-13-7-4-8-14-12(13)9-15(28-14)18(25)26-10-16(24)21-19-23-22-17(27-19)11-5-2-1-3-6-11/h1-9H,10H2,(H,21,23,24). The predicted molar refractivity (Wildman–Crippen MR) is 100 cm³/mol. The van der Waals surface area contributed by atoms with Crippen LogP contribution in [-0.4, -0.2) is 28.7 Å². The molecule has 0 atom stereocenters. The van der Waals surface area contributed by atoms with Gasteiger partial charge in [-0.1, -0.05) is 29.4 Å². The third-order valence-corrected chi connectivity index (χ3v) is 4.82. The summed E-state index contributed by atoms with van der Waals surface area (Å²) in [5.41, 5.74) is 0.707. The molecule has 2 aromatic heterocycles. The Morgan fingerprint density at radius 3 is 2.71 bits per heavy atom. The fourth-order valence-corrected chi connectivity index (χ4v) is 3.42. The van der Waals surface area contributed by atoms with Crippen molar-refractivity contribution in [3.63, 3.8) is 0 Å². The molecule has 9 heteroatoms. The van der Waals surface area contributed by atoms with Gasteiger partial charge in [0, 0.05) is 15.6 Å². The van der Waals surface area contributed by atoms with Crippen molar-refractivity contribution in [1.82, 2.24) is 10.2 Å². The summed E-state index contributed by atoms with van der Waals surface area (Å²) in [6.07, 6.45) is 0. The lowest BCUT2D eigenvalue weighted by atomic mass is 10.2. The van der Waals surface area contributed by atoms with Gasteiger partial charge in [-0.3, -0.25) is 10.1 Å². The molecule has 4 rings (SSSR count). The van der Waals surface area contributed by atoms with Gasteiger partial charge in [-0.05, 0) is 30.3 Å². The van der Waals surface area contributed by atoms with Gasteiger partial charge in [-0.25, -0.2) is 9.18 Å². The van der Waals surface area contributed by atoms with Crippen molar-refractivity contribution in [2.75, 3.05) is 11.9 Å². The van der Waals surface area contributed by atoms with Crippen LogP contribution in [0.15, 0.2) is 59.0 Å². The molecule has 0 spiro atoms. The lowest BCUT2D eigenvalue weighted by Crippen LogP contribution is -2.20. The SMILES string of the molecule is O=C(COC(=O)c1cc2c(F)cccc2s1)Nc1nnc(-c2ccccc2)o1. The molecule has 2 heterocycles. The third-order valence-electron chi connectivity index (χ3n) is 3.74. The minimum Gasteiger partial charge on any atom is -0.451 e. The summed E-state index contributed by atoms with van der Waals surface area (Å²) in [6.45, 7) is -0.543. The van der Waals surface area contributed by atoms with E-state index in [1.807, 2.05) is 18.2 Å². The minimum absolute atomic E-state index is 0.108. The Morgan fingerprint density at radius 2 is 1.93 bits per heavy atom. The second-order valence-electron chi connectivity index (χ2n) is 5.66. The highest BCUT2D eigenvalue weighted by Crippen LogP contribution is 2.28. The van der Waals surface area contributed by atoms with Crippen LogP contribution in [0.4, 0.5) is 10.4 Å². The van der Waals surface area contributed by atoms with Crippen molar-refractivity contribution in [1.29, 1.82) is 0 Å². The van der Waals surface area contributed by atoms with E-state index in [2.05, 4.69) is 15.5 Å². The molecule has 0 saturated heterocycles. The largest absolute Gasteiger partial charge is 0.451 e. The van der Waals surface area contributed by atoms with Crippen LogP contribution in [0.1, 0.15) is 9.67 Å². The maximum absolute atomic E-state index is 13.7. The first-order valence-electron chi connectivity index (χ1n) is 8.14. The summed E-state index contributed by atoms with van der Waals surface area (Å²) in [6, 6.07) is 14.9. The maximum Gasteiger partial charge on any atom is 0.348 e. The van der Waals surface area contributed by atoms with Crippen LogP contribution in [0.3, 0.4) is 0 Å². The molecule has 0 saturated carbocycles. The number of nitrogens with one attached hydrogen (secondary N) is 1. The van der Waals surface area contributed by atoms with E-state index in [1.165, 1.54) is 12.1 Å². The monoisotopic (exact) mass is 397 g/mol. The van der Waals surface area contributed by atoms with Crippen LogP contribution in [0.2, 0.25) is 0 Å². The molecule has 0 bridgehead atoms. The average molecular weight is 397 g/mol. The third kappa shape index (κ3) is 3.74. The fourth-order valence-electron chi connectivity index (χ4n) is 2.45. The molecule has 0 fully saturated rings. The molecule has 4 aromatic rings. The van der Waals surface area contributed by atoms with Crippen molar-refractivity contribution in [2.45, 2.75) is 0 Å². The van der Waals surface area contributed by atoms with Crippen LogP contribution in [0, 0.1) is 5.82 Å². The Bertz CT molecular complexity index is 1160. The first kappa shape index (κ1) is 17.8. The number of ether oxygens (including phenoxy) is 1. The zero-order valence-electron chi connectivity index (χ0n) is 14.2. The van der Waals surface area contributed by atoms with E-state index in [0.29, 0.717) is 15.6 Å². The Kier molecular flexibility index (Phi) is 4.81. The number of nitrogens with zero attached hydrogens (tertiary/aromatic N) is 2. The number of thiophene rings is 1. The van der Waals surface area contributed by atoms with E-state index in [1.54, 1.807) is 24.3 Å². The van der Waals surface area contributed by atoms with Gasteiger partial charge in [0.05, 0.1) is 0 Å². The van der Waals surface area contributed by atoms with Crippen molar-refractivity contribution in [3.05, 3.63) is 65.3 Å². The average Bonchev–Trinajstić information content (AvgIpc) is 3.35. The molecule has 28 heavy (non-hydrogen) atoms. The molecular weight excluding hydrogens is 385 g/mol. The highest BCUT2D eigenvalue weighted by Gasteiger charge is 2.16. The number of benzene rings is 2. The van der Waals surface area contributed by atoms with E-state index in [-0.39, 0.29) is 16.8 Å². The van der Waals surface area contributed by atoms with Crippen molar-refractivity contribution in [3.8, 4) is 11.5 Å². The number of carbonyl (C=O) groups is 2. The van der Waals surface area contributed by atoms with Gasteiger partial charge in [0.2, 0.25) is 5.89 Å². The Balaban J connectivity index is 1.36. The van der Waals surface area contributed by atoms with E-state index < -0.39 is 24.3 Å². The van der Waals surface area contributed by atoms with Crippen LogP contribution >= 0.6 is 11.3 Å².